The molecule has 0 bridgehead atoms. The Kier molecular flexibility index (Phi) is 3.07. The number of thiophene rings is 1. The van der Waals surface area contributed by atoms with E-state index in [2.05, 4.69) is 54.2 Å². The summed E-state index contributed by atoms with van der Waals surface area (Å²) < 4.78 is 0. The molecule has 2 heteroatoms. The van der Waals surface area contributed by atoms with Crippen molar-refractivity contribution in [2.75, 3.05) is 5.32 Å². The van der Waals surface area contributed by atoms with Crippen molar-refractivity contribution in [1.29, 1.82) is 0 Å². The summed E-state index contributed by atoms with van der Waals surface area (Å²) in [5, 5.41) is 7.66. The number of hydrogen-bond donors (Lipinski definition) is 1. The van der Waals surface area contributed by atoms with Crippen molar-refractivity contribution in [3.8, 4) is 0 Å². The minimum atomic E-state index is 0.912. The third kappa shape index (κ3) is 2.39. The quantitative estimate of drug-likeness (QED) is 0.820. The lowest BCUT2D eigenvalue weighted by molar-refractivity contribution is 1.09. The van der Waals surface area contributed by atoms with E-state index in [0.717, 1.165) is 6.54 Å². The fourth-order valence-electron chi connectivity index (χ4n) is 1.68. The molecule has 1 nitrogen and oxygen atoms in total. The highest BCUT2D eigenvalue weighted by Gasteiger charge is 2.01. The van der Waals surface area contributed by atoms with Crippen molar-refractivity contribution in [3.05, 3.63) is 51.7 Å². The van der Waals surface area contributed by atoms with Gasteiger partial charge >= 0.3 is 0 Å². The van der Waals surface area contributed by atoms with Crippen molar-refractivity contribution in [2.45, 2.75) is 20.4 Å². The lowest BCUT2D eigenvalue weighted by atomic mass is 10.0. The largest absolute Gasteiger partial charge is 0.380 e. The van der Waals surface area contributed by atoms with Gasteiger partial charge in [0.25, 0.3) is 0 Å². The number of benzene rings is 1. The van der Waals surface area contributed by atoms with Gasteiger partial charge in [0.1, 0.15) is 0 Å². The van der Waals surface area contributed by atoms with E-state index in [4.69, 9.17) is 0 Å². The fourth-order valence-corrected chi connectivity index (χ4v) is 2.30. The number of rotatable bonds is 3. The van der Waals surface area contributed by atoms with E-state index in [1.54, 1.807) is 11.3 Å². The summed E-state index contributed by atoms with van der Waals surface area (Å²) in [4.78, 5) is 0. The van der Waals surface area contributed by atoms with Crippen LogP contribution >= 0.6 is 11.3 Å². The van der Waals surface area contributed by atoms with Crippen LogP contribution in [-0.2, 0) is 6.54 Å². The van der Waals surface area contributed by atoms with Crippen LogP contribution in [0, 0.1) is 13.8 Å². The predicted octanol–water partition coefficient (Wildman–Crippen LogP) is 3.98. The maximum atomic E-state index is 3.43. The minimum absolute atomic E-state index is 0.912. The summed E-state index contributed by atoms with van der Waals surface area (Å²) in [5.41, 5.74) is 5.34. The molecule has 0 amide bonds. The first-order valence-electron chi connectivity index (χ1n) is 5.08. The lowest BCUT2D eigenvalue weighted by Gasteiger charge is -2.10. The van der Waals surface area contributed by atoms with Crippen molar-refractivity contribution >= 4 is 17.0 Å². The van der Waals surface area contributed by atoms with Gasteiger partial charge in [0.05, 0.1) is 0 Å². The molecule has 0 aliphatic rings. The minimum Gasteiger partial charge on any atom is -0.380 e. The second kappa shape index (κ2) is 4.49. The Bertz CT molecular complexity index is 412. The van der Waals surface area contributed by atoms with E-state index >= 15 is 0 Å². The molecule has 0 atom stereocenters. The van der Waals surface area contributed by atoms with Gasteiger partial charge < -0.3 is 5.32 Å². The molecule has 1 N–H and O–H groups in total. The molecule has 0 spiro atoms. The van der Waals surface area contributed by atoms with Crippen molar-refractivity contribution in [1.82, 2.24) is 0 Å². The first-order chi connectivity index (χ1) is 7.27. The molecule has 0 saturated carbocycles. The highest BCUT2D eigenvalue weighted by atomic mass is 32.1. The normalized spacial score (nSPS) is 10.3. The molecule has 2 aromatic rings. The van der Waals surface area contributed by atoms with Gasteiger partial charge in [-0.1, -0.05) is 18.2 Å². The molecule has 1 aromatic carbocycles. The summed E-state index contributed by atoms with van der Waals surface area (Å²) in [6.07, 6.45) is 0. The zero-order valence-corrected chi connectivity index (χ0v) is 9.90. The van der Waals surface area contributed by atoms with E-state index in [1.165, 1.54) is 22.4 Å². The van der Waals surface area contributed by atoms with E-state index in [1.807, 2.05) is 0 Å². The van der Waals surface area contributed by atoms with Gasteiger partial charge in [0, 0.05) is 17.6 Å². The molecule has 2 rings (SSSR count). The second-order valence-corrected chi connectivity index (χ2v) is 4.52. The van der Waals surface area contributed by atoms with Gasteiger partial charge in [-0.3, -0.25) is 0 Å². The van der Waals surface area contributed by atoms with Gasteiger partial charge in [0.15, 0.2) is 0 Å². The summed E-state index contributed by atoms with van der Waals surface area (Å²) in [6.45, 7) is 5.24. The van der Waals surface area contributed by atoms with Crippen LogP contribution in [0.1, 0.15) is 16.7 Å². The van der Waals surface area contributed by atoms with Crippen LogP contribution in [-0.4, -0.2) is 0 Å². The van der Waals surface area contributed by atoms with E-state index in [9.17, 15) is 0 Å². The highest BCUT2D eigenvalue weighted by Crippen LogP contribution is 2.17. The van der Waals surface area contributed by atoms with Crippen molar-refractivity contribution in [3.63, 3.8) is 0 Å². The number of hydrogen-bond acceptors (Lipinski definition) is 2. The molecule has 0 aliphatic heterocycles. The molecule has 0 fully saturated rings. The standard InChI is InChI=1S/C13H15NS/c1-10-4-3-5-11(2)13(10)8-14-12-6-7-15-9-12/h3-7,9,14H,8H2,1-2H3. The van der Waals surface area contributed by atoms with E-state index in [-0.39, 0.29) is 0 Å². The number of anilines is 1. The Hall–Kier alpha value is -1.28. The summed E-state index contributed by atoms with van der Waals surface area (Å²) in [7, 11) is 0. The Morgan fingerprint density at radius 2 is 1.87 bits per heavy atom. The third-order valence-corrected chi connectivity index (χ3v) is 3.32. The monoisotopic (exact) mass is 217 g/mol. The van der Waals surface area contributed by atoms with E-state index in [0.29, 0.717) is 0 Å². The zero-order chi connectivity index (χ0) is 10.7. The third-order valence-electron chi connectivity index (χ3n) is 2.63. The lowest BCUT2D eigenvalue weighted by Crippen LogP contribution is -2.02. The van der Waals surface area contributed by atoms with Crippen LogP contribution in [0.2, 0.25) is 0 Å². The summed E-state index contributed by atoms with van der Waals surface area (Å²) in [5.74, 6) is 0. The Morgan fingerprint density at radius 1 is 1.13 bits per heavy atom. The summed E-state index contributed by atoms with van der Waals surface area (Å²) in [6, 6.07) is 8.55. The van der Waals surface area contributed by atoms with Gasteiger partial charge in [-0.05, 0) is 42.0 Å². The SMILES string of the molecule is Cc1cccc(C)c1CNc1ccsc1. The molecule has 0 aliphatic carbocycles. The maximum Gasteiger partial charge on any atom is 0.0451 e. The Balaban J connectivity index is 2.11. The molecular weight excluding hydrogens is 202 g/mol. The van der Waals surface area contributed by atoms with Crippen LogP contribution in [0.25, 0.3) is 0 Å². The van der Waals surface area contributed by atoms with Crippen LogP contribution in [0.3, 0.4) is 0 Å². The molecule has 1 aromatic heterocycles. The van der Waals surface area contributed by atoms with Gasteiger partial charge in [0.2, 0.25) is 0 Å². The Morgan fingerprint density at radius 3 is 2.47 bits per heavy atom. The van der Waals surface area contributed by atoms with Crippen molar-refractivity contribution in [2.24, 2.45) is 0 Å². The molecule has 15 heavy (non-hydrogen) atoms. The first kappa shape index (κ1) is 10.2. The van der Waals surface area contributed by atoms with Gasteiger partial charge in [-0.2, -0.15) is 11.3 Å². The smallest absolute Gasteiger partial charge is 0.0451 e. The molecule has 1 heterocycles. The van der Waals surface area contributed by atoms with Gasteiger partial charge in [-0.25, -0.2) is 0 Å². The number of aryl methyl sites for hydroxylation is 2. The van der Waals surface area contributed by atoms with E-state index < -0.39 is 0 Å². The van der Waals surface area contributed by atoms with Crippen LogP contribution < -0.4 is 5.32 Å². The molecule has 0 radical (unpaired) electrons. The highest BCUT2D eigenvalue weighted by molar-refractivity contribution is 7.08. The average Bonchev–Trinajstić information content (AvgIpc) is 2.70. The maximum absolute atomic E-state index is 3.43. The van der Waals surface area contributed by atoms with Gasteiger partial charge in [-0.15, -0.1) is 0 Å². The molecule has 78 valence electrons. The molecule has 0 unspecified atom stereocenters. The van der Waals surface area contributed by atoms with Crippen LogP contribution in [0.4, 0.5) is 5.69 Å². The Labute approximate surface area is 94.8 Å². The van der Waals surface area contributed by atoms with Crippen LogP contribution in [0.15, 0.2) is 35.0 Å². The number of nitrogens with one attached hydrogen (secondary N) is 1. The fraction of sp³-hybridized carbons (Fsp3) is 0.231. The first-order valence-corrected chi connectivity index (χ1v) is 6.03. The summed E-state index contributed by atoms with van der Waals surface area (Å²) >= 11 is 1.72. The molecular formula is C13H15NS. The molecule has 0 saturated heterocycles. The zero-order valence-electron chi connectivity index (χ0n) is 9.08. The average molecular weight is 217 g/mol. The van der Waals surface area contributed by atoms with Crippen LogP contribution in [0.5, 0.6) is 0 Å². The predicted molar refractivity (Wildman–Crippen MR) is 67.6 cm³/mol. The van der Waals surface area contributed by atoms with Crippen molar-refractivity contribution < 1.29 is 0 Å². The topological polar surface area (TPSA) is 12.0 Å². The second-order valence-electron chi connectivity index (χ2n) is 3.74.